The summed E-state index contributed by atoms with van der Waals surface area (Å²) >= 11 is 5.88. The summed E-state index contributed by atoms with van der Waals surface area (Å²) in [5.74, 6) is 0. The Balaban J connectivity index is 2.45. The molecule has 0 saturated carbocycles. The van der Waals surface area contributed by atoms with Crippen LogP contribution >= 0.6 is 38.5 Å². The first-order valence-corrected chi connectivity index (χ1v) is 7.09. The predicted octanol–water partition coefficient (Wildman–Crippen LogP) is 3.10. The summed E-state index contributed by atoms with van der Waals surface area (Å²) in [6.45, 7) is 0. The van der Waals surface area contributed by atoms with Crippen molar-refractivity contribution in [3.8, 4) is 0 Å². The van der Waals surface area contributed by atoms with Gasteiger partial charge >= 0.3 is 0 Å². The molecule has 0 aliphatic heterocycles. The molecule has 1 aromatic heterocycles. The van der Waals surface area contributed by atoms with E-state index >= 15 is 0 Å². The third kappa shape index (κ3) is 2.89. The van der Waals surface area contributed by atoms with Gasteiger partial charge in [-0.2, -0.15) is 5.10 Å². The van der Waals surface area contributed by atoms with Crippen molar-refractivity contribution in [3.63, 3.8) is 0 Å². The highest BCUT2D eigenvalue weighted by atomic mass is 127. The van der Waals surface area contributed by atoms with Crippen molar-refractivity contribution < 1.29 is 0 Å². The molecule has 2 aromatic rings. The SMILES string of the molecule is CNC(c1cnn(C)c1)c1cc(Br)ccc1I. The molecule has 17 heavy (non-hydrogen) atoms. The number of nitrogens with one attached hydrogen (secondary N) is 1. The minimum atomic E-state index is 0.174. The highest BCUT2D eigenvalue weighted by Gasteiger charge is 2.16. The molecule has 1 N–H and O–H groups in total. The van der Waals surface area contributed by atoms with Crippen molar-refractivity contribution in [1.82, 2.24) is 15.1 Å². The molecular weight excluding hydrogens is 393 g/mol. The molecule has 0 radical (unpaired) electrons. The zero-order valence-electron chi connectivity index (χ0n) is 9.61. The largest absolute Gasteiger partial charge is 0.309 e. The van der Waals surface area contributed by atoms with Gasteiger partial charge in [0.15, 0.2) is 0 Å². The van der Waals surface area contributed by atoms with Crippen LogP contribution in [0.3, 0.4) is 0 Å². The van der Waals surface area contributed by atoms with E-state index in [1.165, 1.54) is 14.7 Å². The fraction of sp³-hybridized carbons (Fsp3) is 0.250. The number of nitrogens with zero attached hydrogens (tertiary/aromatic N) is 2. The molecule has 0 bridgehead atoms. The lowest BCUT2D eigenvalue weighted by molar-refractivity contribution is 0.686. The number of aromatic nitrogens is 2. The van der Waals surface area contributed by atoms with E-state index in [1.54, 1.807) is 0 Å². The van der Waals surface area contributed by atoms with Crippen LogP contribution in [0.2, 0.25) is 0 Å². The van der Waals surface area contributed by atoms with Crippen LogP contribution in [0, 0.1) is 3.57 Å². The van der Waals surface area contributed by atoms with Crippen LogP contribution in [0.5, 0.6) is 0 Å². The van der Waals surface area contributed by atoms with Gasteiger partial charge < -0.3 is 5.32 Å². The number of benzene rings is 1. The molecule has 1 unspecified atom stereocenters. The quantitative estimate of drug-likeness (QED) is 0.795. The van der Waals surface area contributed by atoms with E-state index in [1.807, 2.05) is 31.2 Å². The van der Waals surface area contributed by atoms with Crippen molar-refractivity contribution in [1.29, 1.82) is 0 Å². The molecule has 90 valence electrons. The molecular formula is C12H13BrIN3. The van der Waals surface area contributed by atoms with Crippen molar-refractivity contribution in [3.05, 3.63) is 49.8 Å². The number of halogens is 2. The van der Waals surface area contributed by atoms with Gasteiger partial charge in [0.1, 0.15) is 0 Å². The topological polar surface area (TPSA) is 29.9 Å². The average Bonchev–Trinajstić information content (AvgIpc) is 2.71. The van der Waals surface area contributed by atoms with Crippen LogP contribution in [0.1, 0.15) is 17.2 Å². The number of aryl methyl sites for hydroxylation is 1. The van der Waals surface area contributed by atoms with Gasteiger partial charge in [-0.25, -0.2) is 0 Å². The number of rotatable bonds is 3. The fourth-order valence-electron chi connectivity index (χ4n) is 1.83. The van der Waals surface area contributed by atoms with Crippen LogP contribution in [0.15, 0.2) is 35.1 Å². The predicted molar refractivity (Wildman–Crippen MR) is 81.0 cm³/mol. The molecule has 3 nitrogen and oxygen atoms in total. The van der Waals surface area contributed by atoms with Gasteiger partial charge in [0.25, 0.3) is 0 Å². The molecule has 0 fully saturated rings. The normalized spacial score (nSPS) is 12.7. The summed E-state index contributed by atoms with van der Waals surface area (Å²) in [4.78, 5) is 0. The maximum atomic E-state index is 4.23. The summed E-state index contributed by atoms with van der Waals surface area (Å²) in [7, 11) is 3.90. The second kappa shape index (κ2) is 5.49. The zero-order valence-corrected chi connectivity index (χ0v) is 13.4. The van der Waals surface area contributed by atoms with E-state index in [2.05, 4.69) is 67.1 Å². The average molecular weight is 406 g/mol. The van der Waals surface area contributed by atoms with Crippen molar-refractivity contribution in [2.75, 3.05) is 7.05 Å². The van der Waals surface area contributed by atoms with Gasteiger partial charge in [0.2, 0.25) is 0 Å². The highest BCUT2D eigenvalue weighted by molar-refractivity contribution is 14.1. The molecule has 5 heteroatoms. The first kappa shape index (κ1) is 13.0. The molecule has 1 atom stereocenters. The van der Waals surface area contributed by atoms with Gasteiger partial charge in [-0.15, -0.1) is 0 Å². The summed E-state index contributed by atoms with van der Waals surface area (Å²) < 4.78 is 4.16. The van der Waals surface area contributed by atoms with E-state index in [4.69, 9.17) is 0 Å². The van der Waals surface area contributed by atoms with Gasteiger partial charge in [-0.05, 0) is 53.4 Å². The Morgan fingerprint density at radius 1 is 1.47 bits per heavy atom. The van der Waals surface area contributed by atoms with Gasteiger partial charge in [-0.1, -0.05) is 15.9 Å². The number of hydrogen-bond donors (Lipinski definition) is 1. The molecule has 0 saturated heterocycles. The minimum Gasteiger partial charge on any atom is -0.309 e. The lowest BCUT2D eigenvalue weighted by atomic mass is 10.0. The Labute approximate surface area is 123 Å². The highest BCUT2D eigenvalue weighted by Crippen LogP contribution is 2.28. The maximum Gasteiger partial charge on any atom is 0.0616 e. The summed E-state index contributed by atoms with van der Waals surface area (Å²) in [6, 6.07) is 6.49. The summed E-state index contributed by atoms with van der Waals surface area (Å²) in [5, 5.41) is 7.56. The van der Waals surface area contributed by atoms with Gasteiger partial charge in [0.05, 0.1) is 12.2 Å². The summed E-state index contributed by atoms with van der Waals surface area (Å²) in [6.07, 6.45) is 3.94. The Morgan fingerprint density at radius 2 is 2.24 bits per heavy atom. The van der Waals surface area contributed by atoms with Crippen LogP contribution in [-0.4, -0.2) is 16.8 Å². The zero-order chi connectivity index (χ0) is 12.4. The summed E-state index contributed by atoms with van der Waals surface area (Å²) in [5.41, 5.74) is 2.43. The Kier molecular flexibility index (Phi) is 4.22. The first-order chi connectivity index (χ1) is 8.11. The van der Waals surface area contributed by atoms with Gasteiger partial charge in [-0.3, -0.25) is 4.68 Å². The molecule has 0 spiro atoms. The van der Waals surface area contributed by atoms with E-state index in [-0.39, 0.29) is 6.04 Å². The Hall–Kier alpha value is -0.400. The molecule has 1 aromatic carbocycles. The van der Waals surface area contributed by atoms with Crippen LogP contribution < -0.4 is 5.32 Å². The second-order valence-corrected chi connectivity index (χ2v) is 5.91. The van der Waals surface area contributed by atoms with Crippen molar-refractivity contribution in [2.24, 2.45) is 7.05 Å². The Bertz CT molecular complexity index is 524. The van der Waals surface area contributed by atoms with E-state index in [0.29, 0.717) is 0 Å². The standard InChI is InChI=1S/C12H13BrIN3/c1-15-12(8-6-16-17(2)7-8)10-5-9(13)3-4-11(10)14/h3-7,12,15H,1-2H3. The van der Waals surface area contributed by atoms with Crippen LogP contribution in [-0.2, 0) is 7.05 Å². The van der Waals surface area contributed by atoms with E-state index in [0.717, 1.165) is 4.47 Å². The van der Waals surface area contributed by atoms with Crippen molar-refractivity contribution in [2.45, 2.75) is 6.04 Å². The monoisotopic (exact) mass is 405 g/mol. The molecule has 1 heterocycles. The van der Waals surface area contributed by atoms with Crippen LogP contribution in [0.25, 0.3) is 0 Å². The molecule has 0 aliphatic carbocycles. The smallest absolute Gasteiger partial charge is 0.0616 e. The molecule has 0 amide bonds. The Morgan fingerprint density at radius 3 is 2.82 bits per heavy atom. The third-order valence-corrected chi connectivity index (χ3v) is 4.09. The lowest BCUT2D eigenvalue weighted by Crippen LogP contribution is -2.18. The van der Waals surface area contributed by atoms with Crippen molar-refractivity contribution >= 4 is 38.5 Å². The molecule has 0 aliphatic rings. The maximum absolute atomic E-state index is 4.23. The van der Waals surface area contributed by atoms with E-state index < -0.39 is 0 Å². The first-order valence-electron chi connectivity index (χ1n) is 5.22. The van der Waals surface area contributed by atoms with Crippen LogP contribution in [0.4, 0.5) is 0 Å². The fourth-order valence-corrected chi connectivity index (χ4v) is 2.85. The third-order valence-electron chi connectivity index (χ3n) is 2.62. The number of hydrogen-bond acceptors (Lipinski definition) is 2. The molecule has 2 rings (SSSR count). The van der Waals surface area contributed by atoms with E-state index in [9.17, 15) is 0 Å². The second-order valence-electron chi connectivity index (χ2n) is 3.83. The lowest BCUT2D eigenvalue weighted by Gasteiger charge is -2.17. The minimum absolute atomic E-state index is 0.174. The van der Waals surface area contributed by atoms with Gasteiger partial charge in [0, 0.05) is 26.9 Å².